The highest BCUT2D eigenvalue weighted by atomic mass is 35.5. The summed E-state index contributed by atoms with van der Waals surface area (Å²) in [5.41, 5.74) is 1.00. The smallest absolute Gasteiger partial charge is 0.263 e. The lowest BCUT2D eigenvalue weighted by atomic mass is 10.2. The number of rotatable bonds is 5. The summed E-state index contributed by atoms with van der Waals surface area (Å²) in [4.78, 5) is 14.6. The third-order valence-electron chi connectivity index (χ3n) is 4.67. The molecule has 1 atom stereocenters. The van der Waals surface area contributed by atoms with Gasteiger partial charge in [-0.1, -0.05) is 35.4 Å². The zero-order valence-electron chi connectivity index (χ0n) is 15.8. The molecular weight excluding hydrogens is 400 g/mol. The summed E-state index contributed by atoms with van der Waals surface area (Å²) in [6, 6.07) is 13.7. The van der Waals surface area contributed by atoms with Crippen LogP contribution in [0.25, 0.3) is 0 Å². The van der Waals surface area contributed by atoms with E-state index in [0.717, 1.165) is 5.56 Å². The highest BCUT2D eigenvalue weighted by molar-refractivity contribution is 7.89. The first-order chi connectivity index (χ1) is 13.3. The first-order valence-electron chi connectivity index (χ1n) is 9.05. The zero-order chi connectivity index (χ0) is 20.3. The molecule has 1 unspecified atom stereocenters. The van der Waals surface area contributed by atoms with Gasteiger partial charge in [-0.25, -0.2) is 8.42 Å². The fraction of sp³-hybridized carbons (Fsp3) is 0.350. The van der Waals surface area contributed by atoms with Crippen LogP contribution < -0.4 is 4.74 Å². The number of aryl methyl sites for hydroxylation is 1. The molecule has 0 radical (unpaired) electrons. The summed E-state index contributed by atoms with van der Waals surface area (Å²) >= 11 is 5.94. The Bertz CT molecular complexity index is 939. The molecule has 1 saturated heterocycles. The number of sulfonamides is 1. The second-order valence-electron chi connectivity index (χ2n) is 6.76. The molecular formula is C20H23ClN2O4S. The first kappa shape index (κ1) is 20.6. The maximum absolute atomic E-state index is 12.8. The van der Waals surface area contributed by atoms with Crippen molar-refractivity contribution in [3.8, 4) is 5.75 Å². The molecule has 150 valence electrons. The number of ether oxygens (including phenoxy) is 1. The van der Waals surface area contributed by atoms with Crippen molar-refractivity contribution in [2.75, 3.05) is 26.2 Å². The van der Waals surface area contributed by atoms with Gasteiger partial charge in [0.25, 0.3) is 5.91 Å². The van der Waals surface area contributed by atoms with Crippen molar-refractivity contribution in [3.05, 3.63) is 59.1 Å². The van der Waals surface area contributed by atoms with Gasteiger partial charge in [-0.05, 0) is 44.2 Å². The van der Waals surface area contributed by atoms with E-state index < -0.39 is 16.1 Å². The fourth-order valence-electron chi connectivity index (χ4n) is 3.06. The van der Waals surface area contributed by atoms with Crippen LogP contribution in [-0.4, -0.2) is 55.8 Å². The average Bonchev–Trinajstić information content (AvgIpc) is 2.68. The number of carbonyl (C=O) groups excluding carboxylic acids is 1. The first-order valence-corrected chi connectivity index (χ1v) is 10.9. The van der Waals surface area contributed by atoms with Crippen LogP contribution in [0.5, 0.6) is 5.75 Å². The second-order valence-corrected chi connectivity index (χ2v) is 9.13. The molecule has 8 heteroatoms. The average molecular weight is 423 g/mol. The molecule has 0 bridgehead atoms. The van der Waals surface area contributed by atoms with Crippen molar-refractivity contribution in [2.45, 2.75) is 24.8 Å². The van der Waals surface area contributed by atoms with Crippen molar-refractivity contribution in [1.29, 1.82) is 0 Å². The summed E-state index contributed by atoms with van der Waals surface area (Å²) in [5, 5.41) is 0.534. The number of nitrogens with zero attached hydrogens (tertiary/aromatic N) is 2. The Morgan fingerprint density at radius 1 is 1.07 bits per heavy atom. The van der Waals surface area contributed by atoms with Gasteiger partial charge in [-0.3, -0.25) is 4.79 Å². The minimum absolute atomic E-state index is 0.174. The minimum atomic E-state index is -3.55. The molecule has 0 spiro atoms. The summed E-state index contributed by atoms with van der Waals surface area (Å²) in [7, 11) is -3.55. The molecule has 1 fully saturated rings. The largest absolute Gasteiger partial charge is 0.481 e. The van der Waals surface area contributed by atoms with E-state index in [1.807, 2.05) is 6.92 Å². The maximum Gasteiger partial charge on any atom is 0.263 e. The lowest BCUT2D eigenvalue weighted by Crippen LogP contribution is -2.53. The predicted octanol–water partition coefficient (Wildman–Crippen LogP) is 2.95. The Balaban J connectivity index is 1.59. The molecule has 0 aromatic heterocycles. The summed E-state index contributed by atoms with van der Waals surface area (Å²) in [6.45, 7) is 4.75. The Labute approximate surface area is 170 Å². The van der Waals surface area contributed by atoms with Crippen LogP contribution in [0.3, 0.4) is 0 Å². The fourth-order valence-corrected chi connectivity index (χ4v) is 4.66. The van der Waals surface area contributed by atoms with Crippen LogP contribution >= 0.6 is 11.6 Å². The summed E-state index contributed by atoms with van der Waals surface area (Å²) in [5.74, 6) is 0.348. The van der Waals surface area contributed by atoms with Crippen LogP contribution in [0.2, 0.25) is 5.02 Å². The van der Waals surface area contributed by atoms with E-state index in [4.69, 9.17) is 16.3 Å². The van der Waals surface area contributed by atoms with E-state index in [0.29, 0.717) is 23.9 Å². The van der Waals surface area contributed by atoms with E-state index in [2.05, 4.69) is 0 Å². The molecule has 1 amide bonds. The van der Waals surface area contributed by atoms with E-state index in [9.17, 15) is 13.2 Å². The second kappa shape index (κ2) is 8.51. The van der Waals surface area contributed by atoms with Gasteiger partial charge in [0.2, 0.25) is 10.0 Å². The molecule has 2 aromatic carbocycles. The van der Waals surface area contributed by atoms with Crippen molar-refractivity contribution in [3.63, 3.8) is 0 Å². The van der Waals surface area contributed by atoms with Crippen LogP contribution in [0.15, 0.2) is 53.4 Å². The Hall–Kier alpha value is -2.09. The number of halogens is 1. The van der Waals surface area contributed by atoms with Gasteiger partial charge >= 0.3 is 0 Å². The Morgan fingerprint density at radius 3 is 2.32 bits per heavy atom. The molecule has 3 rings (SSSR count). The molecule has 1 heterocycles. The van der Waals surface area contributed by atoms with E-state index in [1.54, 1.807) is 60.4 Å². The quantitative estimate of drug-likeness (QED) is 0.743. The van der Waals surface area contributed by atoms with Crippen LogP contribution in [0, 0.1) is 6.92 Å². The van der Waals surface area contributed by atoms with Crippen LogP contribution in [-0.2, 0) is 14.8 Å². The molecule has 0 N–H and O–H groups in total. The lowest BCUT2D eigenvalue weighted by molar-refractivity contribution is -0.139. The minimum Gasteiger partial charge on any atom is -0.481 e. The third kappa shape index (κ3) is 4.66. The third-order valence-corrected chi connectivity index (χ3v) is 6.81. The number of piperazine rings is 1. The molecule has 1 aliphatic heterocycles. The molecule has 28 heavy (non-hydrogen) atoms. The summed E-state index contributed by atoms with van der Waals surface area (Å²) < 4.78 is 32.6. The van der Waals surface area contributed by atoms with Crippen LogP contribution in [0.4, 0.5) is 0 Å². The van der Waals surface area contributed by atoms with Gasteiger partial charge in [0, 0.05) is 31.2 Å². The Morgan fingerprint density at radius 2 is 1.71 bits per heavy atom. The molecule has 0 aliphatic carbocycles. The Kier molecular flexibility index (Phi) is 6.27. The van der Waals surface area contributed by atoms with E-state index in [-0.39, 0.29) is 23.9 Å². The zero-order valence-corrected chi connectivity index (χ0v) is 17.4. The number of benzene rings is 2. The SMILES string of the molecule is Cc1ccc(S(=O)(=O)N2CCN(C(=O)C(C)Oc3cccc(Cl)c3)CC2)cc1. The van der Waals surface area contributed by atoms with Gasteiger partial charge in [0.1, 0.15) is 5.75 Å². The molecule has 6 nitrogen and oxygen atoms in total. The molecule has 2 aromatic rings. The van der Waals surface area contributed by atoms with Crippen molar-refractivity contribution >= 4 is 27.5 Å². The van der Waals surface area contributed by atoms with E-state index in [1.165, 1.54) is 4.31 Å². The summed E-state index contributed by atoms with van der Waals surface area (Å²) in [6.07, 6.45) is -0.682. The number of amides is 1. The van der Waals surface area contributed by atoms with Gasteiger partial charge < -0.3 is 9.64 Å². The number of hydrogen-bond donors (Lipinski definition) is 0. The van der Waals surface area contributed by atoms with Crippen molar-refractivity contribution in [2.24, 2.45) is 0 Å². The molecule has 0 saturated carbocycles. The highest BCUT2D eigenvalue weighted by Gasteiger charge is 2.32. The normalized spacial score (nSPS) is 16.6. The van der Waals surface area contributed by atoms with Gasteiger partial charge in [-0.15, -0.1) is 0 Å². The standard InChI is InChI=1S/C20H23ClN2O4S/c1-15-6-8-19(9-7-15)28(25,26)23-12-10-22(11-13-23)20(24)16(2)27-18-5-3-4-17(21)14-18/h3-9,14,16H,10-13H2,1-2H3. The lowest BCUT2D eigenvalue weighted by Gasteiger charge is -2.35. The number of carbonyl (C=O) groups is 1. The van der Waals surface area contributed by atoms with Gasteiger partial charge in [-0.2, -0.15) is 4.31 Å². The number of hydrogen-bond acceptors (Lipinski definition) is 4. The topological polar surface area (TPSA) is 66.9 Å². The van der Waals surface area contributed by atoms with Crippen LogP contribution in [0.1, 0.15) is 12.5 Å². The highest BCUT2D eigenvalue weighted by Crippen LogP contribution is 2.21. The monoisotopic (exact) mass is 422 g/mol. The maximum atomic E-state index is 12.8. The van der Waals surface area contributed by atoms with Crippen molar-refractivity contribution in [1.82, 2.24) is 9.21 Å². The predicted molar refractivity (Wildman–Crippen MR) is 108 cm³/mol. The van der Waals surface area contributed by atoms with Gasteiger partial charge in [0.05, 0.1) is 4.90 Å². The molecule has 1 aliphatic rings. The van der Waals surface area contributed by atoms with Crippen molar-refractivity contribution < 1.29 is 17.9 Å². The van der Waals surface area contributed by atoms with Gasteiger partial charge in [0.15, 0.2) is 6.10 Å². The van der Waals surface area contributed by atoms with E-state index >= 15 is 0 Å².